The molecule has 26 heavy (non-hydrogen) atoms. The van der Waals surface area contributed by atoms with E-state index in [2.05, 4.69) is 9.71 Å². The van der Waals surface area contributed by atoms with Crippen LogP contribution in [0.5, 0.6) is 0 Å². The van der Waals surface area contributed by atoms with Crippen LogP contribution in [0, 0.1) is 13.8 Å². The summed E-state index contributed by atoms with van der Waals surface area (Å²) in [6, 6.07) is -0.458. The number of ketones is 1. The van der Waals surface area contributed by atoms with Crippen molar-refractivity contribution in [3.8, 4) is 0 Å². The monoisotopic (exact) mass is 385 g/mol. The molecule has 0 amide bonds. The van der Waals surface area contributed by atoms with Gasteiger partial charge in [-0.15, -0.1) is 0 Å². The fourth-order valence-electron chi connectivity index (χ4n) is 3.49. The van der Waals surface area contributed by atoms with Crippen LogP contribution in [0.25, 0.3) is 0 Å². The van der Waals surface area contributed by atoms with Crippen LogP contribution in [0.2, 0.25) is 0 Å². The van der Waals surface area contributed by atoms with E-state index in [-0.39, 0.29) is 17.9 Å². The zero-order valence-corrected chi connectivity index (χ0v) is 16.7. The number of likely N-dealkylation sites (tertiary alicyclic amines) is 1. The fraction of sp³-hybridized carbons (Fsp3) is 0.647. The molecule has 0 spiro atoms. The highest BCUT2D eigenvalue weighted by Crippen LogP contribution is 2.22. The molecule has 1 aliphatic heterocycles. The molecule has 0 saturated carbocycles. The number of rotatable bonds is 6. The summed E-state index contributed by atoms with van der Waals surface area (Å²) in [5.41, 5.74) is 2.03. The summed E-state index contributed by atoms with van der Waals surface area (Å²) in [4.78, 5) is 29.9. The number of carbonyl (C=O) groups excluding carboxylic acids is 2. The summed E-state index contributed by atoms with van der Waals surface area (Å²) >= 11 is 0. The van der Waals surface area contributed by atoms with E-state index in [4.69, 9.17) is 4.74 Å². The molecular formula is C17H27N3O5S. The number of hydrogen-bond donors (Lipinski definition) is 2. The predicted octanol–water partition coefficient (Wildman–Crippen LogP) is 1.00. The van der Waals surface area contributed by atoms with E-state index in [1.165, 1.54) is 7.11 Å². The number of sulfonamides is 1. The maximum atomic E-state index is 12.9. The van der Waals surface area contributed by atoms with E-state index in [0.717, 1.165) is 6.26 Å². The van der Waals surface area contributed by atoms with Crippen LogP contribution < -0.4 is 4.72 Å². The minimum Gasteiger partial charge on any atom is -0.465 e. The van der Waals surface area contributed by atoms with Gasteiger partial charge in [0, 0.05) is 24.8 Å². The van der Waals surface area contributed by atoms with E-state index in [1.807, 2.05) is 11.8 Å². The highest BCUT2D eigenvalue weighted by atomic mass is 32.2. The lowest BCUT2D eigenvalue weighted by Gasteiger charge is -2.35. The Balaban J connectivity index is 2.08. The van der Waals surface area contributed by atoms with Crippen LogP contribution in [-0.4, -0.2) is 68.6 Å². The number of aryl methyl sites for hydroxylation is 1. The summed E-state index contributed by atoms with van der Waals surface area (Å²) in [5, 5.41) is 0. The van der Waals surface area contributed by atoms with E-state index in [0.29, 0.717) is 48.4 Å². The van der Waals surface area contributed by atoms with Crippen molar-refractivity contribution in [2.24, 2.45) is 0 Å². The Morgan fingerprint density at radius 2 is 1.85 bits per heavy atom. The van der Waals surface area contributed by atoms with Crippen molar-refractivity contribution in [1.82, 2.24) is 14.6 Å². The molecule has 9 heteroatoms. The first kappa shape index (κ1) is 20.6. The Labute approximate surface area is 154 Å². The number of carbonyl (C=O) groups is 2. The van der Waals surface area contributed by atoms with Crippen molar-refractivity contribution in [2.75, 3.05) is 26.5 Å². The highest BCUT2D eigenvalue weighted by molar-refractivity contribution is 7.88. The van der Waals surface area contributed by atoms with E-state index >= 15 is 0 Å². The number of nitrogens with one attached hydrogen (secondary N) is 2. The van der Waals surface area contributed by atoms with Gasteiger partial charge in [0.1, 0.15) is 0 Å². The number of nitrogens with zero attached hydrogens (tertiary/aromatic N) is 1. The second-order valence-electron chi connectivity index (χ2n) is 6.86. The molecule has 1 aromatic heterocycles. The minimum atomic E-state index is -3.22. The van der Waals surface area contributed by atoms with Gasteiger partial charge < -0.3 is 9.72 Å². The number of esters is 1. The molecule has 0 radical (unpaired) electrons. The molecule has 8 nitrogen and oxygen atoms in total. The molecule has 1 atom stereocenters. The molecule has 1 unspecified atom stereocenters. The molecule has 2 heterocycles. The van der Waals surface area contributed by atoms with Gasteiger partial charge in [-0.3, -0.25) is 9.69 Å². The number of aromatic amines is 1. The van der Waals surface area contributed by atoms with Crippen LogP contribution in [-0.2, 0) is 14.8 Å². The molecule has 1 saturated heterocycles. The molecule has 0 aromatic carbocycles. The molecule has 1 fully saturated rings. The molecule has 0 aliphatic carbocycles. The van der Waals surface area contributed by atoms with E-state index < -0.39 is 16.0 Å². The van der Waals surface area contributed by atoms with Crippen molar-refractivity contribution in [1.29, 1.82) is 0 Å². The van der Waals surface area contributed by atoms with Crippen molar-refractivity contribution in [2.45, 2.75) is 45.7 Å². The van der Waals surface area contributed by atoms with Crippen molar-refractivity contribution < 1.29 is 22.7 Å². The Morgan fingerprint density at radius 1 is 1.27 bits per heavy atom. The van der Waals surface area contributed by atoms with E-state index in [9.17, 15) is 18.0 Å². The summed E-state index contributed by atoms with van der Waals surface area (Å²) in [6.45, 7) is 6.56. The average molecular weight is 385 g/mol. The zero-order chi connectivity index (χ0) is 19.6. The van der Waals surface area contributed by atoms with Gasteiger partial charge in [0.05, 0.1) is 30.7 Å². The number of H-pyrrole nitrogens is 1. The van der Waals surface area contributed by atoms with Gasteiger partial charge in [0.15, 0.2) is 5.78 Å². The molecule has 0 bridgehead atoms. The summed E-state index contributed by atoms with van der Waals surface area (Å²) < 4.78 is 30.1. The Bertz CT molecular complexity index is 792. The first-order chi connectivity index (χ1) is 12.0. The third-order valence-corrected chi connectivity index (χ3v) is 5.67. The smallest absolute Gasteiger partial charge is 0.339 e. The third kappa shape index (κ3) is 4.52. The molecule has 2 N–H and O–H groups in total. The van der Waals surface area contributed by atoms with Crippen molar-refractivity contribution >= 4 is 21.8 Å². The second-order valence-corrected chi connectivity index (χ2v) is 8.64. The lowest BCUT2D eigenvalue weighted by molar-refractivity contribution is 0.0599. The quantitative estimate of drug-likeness (QED) is 0.559. The van der Waals surface area contributed by atoms with Crippen LogP contribution in [0.1, 0.15) is 51.9 Å². The molecule has 1 aromatic rings. The van der Waals surface area contributed by atoms with Gasteiger partial charge in [-0.1, -0.05) is 0 Å². The Hall–Kier alpha value is -1.71. The maximum absolute atomic E-state index is 12.9. The van der Waals surface area contributed by atoms with Crippen molar-refractivity contribution in [3.05, 3.63) is 22.5 Å². The summed E-state index contributed by atoms with van der Waals surface area (Å²) in [7, 11) is -1.91. The topological polar surface area (TPSA) is 109 Å². The van der Waals surface area contributed by atoms with Gasteiger partial charge >= 0.3 is 5.97 Å². The normalized spacial score (nSPS) is 17.9. The SMILES string of the molecule is COC(=O)c1c(C)[nH]c(C(=O)C(C)N2CCC(NS(C)(=O)=O)CC2)c1C. The number of aromatic nitrogens is 1. The maximum Gasteiger partial charge on any atom is 0.339 e. The average Bonchev–Trinajstić information content (AvgIpc) is 2.86. The molecule has 2 rings (SSSR count). The third-order valence-electron chi connectivity index (χ3n) is 4.91. The number of hydrogen-bond acceptors (Lipinski definition) is 6. The fourth-order valence-corrected chi connectivity index (χ4v) is 4.33. The number of piperidine rings is 1. The van der Waals surface area contributed by atoms with Gasteiger partial charge in [-0.2, -0.15) is 0 Å². The first-order valence-corrected chi connectivity index (χ1v) is 10.5. The minimum absolute atomic E-state index is 0.0877. The molecule has 1 aliphatic rings. The zero-order valence-electron chi connectivity index (χ0n) is 15.9. The molecular weight excluding hydrogens is 358 g/mol. The van der Waals surface area contributed by atoms with Crippen LogP contribution in [0.15, 0.2) is 0 Å². The lowest BCUT2D eigenvalue weighted by atomic mass is 10.00. The molecule has 146 valence electrons. The summed E-state index contributed by atoms with van der Waals surface area (Å²) in [5.74, 6) is -0.550. The first-order valence-electron chi connectivity index (χ1n) is 8.58. The second kappa shape index (κ2) is 7.89. The van der Waals surface area contributed by atoms with Crippen molar-refractivity contribution in [3.63, 3.8) is 0 Å². The van der Waals surface area contributed by atoms with E-state index in [1.54, 1.807) is 13.8 Å². The number of ether oxygens (including phenoxy) is 1. The van der Waals surface area contributed by atoms with Crippen LogP contribution in [0.3, 0.4) is 0 Å². The lowest BCUT2D eigenvalue weighted by Crippen LogP contribution is -2.49. The van der Waals surface area contributed by atoms with Crippen LogP contribution >= 0.6 is 0 Å². The van der Waals surface area contributed by atoms with Gasteiger partial charge in [0.25, 0.3) is 0 Å². The predicted molar refractivity (Wildman–Crippen MR) is 98.0 cm³/mol. The summed E-state index contributed by atoms with van der Waals surface area (Å²) in [6.07, 6.45) is 2.46. The van der Waals surface area contributed by atoms with Crippen LogP contribution in [0.4, 0.5) is 0 Å². The Kier molecular flexibility index (Phi) is 6.25. The van der Waals surface area contributed by atoms with Gasteiger partial charge in [-0.25, -0.2) is 17.9 Å². The number of Topliss-reactive ketones (excluding diaryl/α,β-unsaturated/α-hetero) is 1. The standard InChI is InChI=1S/C17H27N3O5S/c1-10-14(17(22)25-4)11(2)18-15(10)16(21)12(3)20-8-6-13(7-9-20)19-26(5,23)24/h12-13,18-19H,6-9H2,1-5H3. The van der Waals surface area contributed by atoms with Gasteiger partial charge in [-0.05, 0) is 39.2 Å². The largest absolute Gasteiger partial charge is 0.465 e. The highest BCUT2D eigenvalue weighted by Gasteiger charge is 2.31. The van der Waals surface area contributed by atoms with Gasteiger partial charge in [0.2, 0.25) is 10.0 Å². The Morgan fingerprint density at radius 3 is 2.35 bits per heavy atom. The number of methoxy groups -OCH3 is 1.